The van der Waals surface area contributed by atoms with E-state index in [2.05, 4.69) is 4.98 Å². The van der Waals surface area contributed by atoms with E-state index in [4.69, 9.17) is 18.9 Å². The Morgan fingerprint density at radius 3 is 2.14 bits per heavy atom. The van der Waals surface area contributed by atoms with Crippen molar-refractivity contribution < 1.29 is 28.5 Å². The number of carbonyl (C=O) groups excluding carboxylic acids is 2. The maximum atomic E-state index is 12.8. The van der Waals surface area contributed by atoms with Gasteiger partial charge in [-0.2, -0.15) is 0 Å². The van der Waals surface area contributed by atoms with Crippen molar-refractivity contribution in [3.8, 4) is 0 Å². The molecule has 1 fully saturated rings. The number of methoxy groups -OCH3 is 1. The lowest BCUT2D eigenvalue weighted by molar-refractivity contribution is -0.0643. The van der Waals surface area contributed by atoms with Gasteiger partial charge in [-0.15, -0.1) is 0 Å². The summed E-state index contributed by atoms with van der Waals surface area (Å²) in [4.78, 5) is 51.9. The first-order valence-corrected chi connectivity index (χ1v) is 10.9. The van der Waals surface area contributed by atoms with E-state index in [1.54, 1.807) is 60.7 Å². The number of rotatable bonds is 7. The van der Waals surface area contributed by atoms with Gasteiger partial charge in [0.1, 0.15) is 18.8 Å². The van der Waals surface area contributed by atoms with Crippen LogP contribution >= 0.6 is 0 Å². The Balaban J connectivity index is 1.62. The summed E-state index contributed by atoms with van der Waals surface area (Å²) in [6, 6.07) is 16.7. The summed E-state index contributed by atoms with van der Waals surface area (Å²) < 4.78 is 23.9. The summed E-state index contributed by atoms with van der Waals surface area (Å²) in [7, 11) is 1.40. The van der Waals surface area contributed by atoms with Crippen LogP contribution in [0.15, 0.2) is 76.4 Å². The molecule has 3 aromatic rings. The second-order valence-electron chi connectivity index (χ2n) is 7.94. The highest BCUT2D eigenvalue weighted by atomic mass is 16.6. The molecule has 0 aliphatic carbocycles. The highest BCUT2D eigenvalue weighted by Gasteiger charge is 2.49. The smallest absolute Gasteiger partial charge is 0.338 e. The largest absolute Gasteiger partial charge is 0.459 e. The number of carbonyl (C=O) groups is 2. The van der Waals surface area contributed by atoms with Gasteiger partial charge in [-0.3, -0.25) is 14.3 Å². The zero-order valence-electron chi connectivity index (χ0n) is 19.1. The van der Waals surface area contributed by atoms with Gasteiger partial charge in [0.15, 0.2) is 12.3 Å². The van der Waals surface area contributed by atoms with Crippen LogP contribution in [-0.4, -0.2) is 53.5 Å². The Bertz CT molecular complexity index is 1300. The fraction of sp³-hybridized carbons (Fsp3) is 0.280. The van der Waals surface area contributed by atoms with E-state index < -0.39 is 47.7 Å². The number of hydrogen-bond acceptors (Lipinski definition) is 8. The van der Waals surface area contributed by atoms with Gasteiger partial charge in [0.05, 0.1) is 11.1 Å². The fourth-order valence-corrected chi connectivity index (χ4v) is 3.83. The molecule has 0 spiro atoms. The van der Waals surface area contributed by atoms with Crippen LogP contribution in [-0.2, 0) is 18.9 Å². The average Bonchev–Trinajstić information content (AvgIpc) is 3.22. The van der Waals surface area contributed by atoms with E-state index in [0.717, 1.165) is 4.57 Å². The molecule has 10 nitrogen and oxygen atoms in total. The van der Waals surface area contributed by atoms with Gasteiger partial charge in [0.25, 0.3) is 5.56 Å². The molecule has 0 amide bonds. The highest BCUT2D eigenvalue weighted by Crippen LogP contribution is 2.33. The number of nitrogens with one attached hydrogen (secondary N) is 1. The van der Waals surface area contributed by atoms with E-state index in [0.29, 0.717) is 11.1 Å². The Hall–Kier alpha value is -4.02. The van der Waals surface area contributed by atoms with Crippen molar-refractivity contribution in [2.45, 2.75) is 31.5 Å². The molecule has 182 valence electrons. The van der Waals surface area contributed by atoms with Crippen LogP contribution in [0.3, 0.4) is 0 Å². The molecule has 2 heterocycles. The van der Waals surface area contributed by atoms with Crippen molar-refractivity contribution in [3.63, 3.8) is 0 Å². The third kappa shape index (κ3) is 5.23. The van der Waals surface area contributed by atoms with Crippen molar-refractivity contribution in [1.29, 1.82) is 0 Å². The number of aromatic nitrogens is 2. The molecule has 0 bridgehead atoms. The molecule has 10 heteroatoms. The number of aryl methyl sites for hydroxylation is 1. The van der Waals surface area contributed by atoms with Crippen LogP contribution in [0.4, 0.5) is 0 Å². The molecule has 0 saturated carbocycles. The summed E-state index contributed by atoms with van der Waals surface area (Å²) in [5.41, 5.74) is -0.378. The minimum atomic E-state index is -1.14. The van der Waals surface area contributed by atoms with Crippen LogP contribution in [0.2, 0.25) is 0 Å². The lowest BCUT2D eigenvalue weighted by Gasteiger charge is -2.24. The quantitative estimate of drug-likeness (QED) is 0.508. The van der Waals surface area contributed by atoms with Crippen molar-refractivity contribution >= 4 is 11.9 Å². The first-order valence-electron chi connectivity index (χ1n) is 10.9. The van der Waals surface area contributed by atoms with Gasteiger partial charge in [0, 0.05) is 18.9 Å². The topological polar surface area (TPSA) is 126 Å². The lowest BCUT2D eigenvalue weighted by atomic mass is 10.1. The van der Waals surface area contributed by atoms with E-state index in [1.165, 1.54) is 20.2 Å². The van der Waals surface area contributed by atoms with Gasteiger partial charge >= 0.3 is 17.6 Å². The van der Waals surface area contributed by atoms with Crippen molar-refractivity contribution in [1.82, 2.24) is 9.55 Å². The van der Waals surface area contributed by atoms with Gasteiger partial charge in [-0.25, -0.2) is 14.4 Å². The maximum absolute atomic E-state index is 12.8. The molecule has 4 unspecified atom stereocenters. The van der Waals surface area contributed by atoms with Crippen molar-refractivity contribution in [2.75, 3.05) is 13.7 Å². The molecule has 1 N–H and O–H groups in total. The number of benzene rings is 2. The normalized spacial score (nSPS) is 21.4. The van der Waals surface area contributed by atoms with E-state index in [1.807, 2.05) is 0 Å². The number of ether oxygens (including phenoxy) is 4. The third-order valence-corrected chi connectivity index (χ3v) is 5.62. The summed E-state index contributed by atoms with van der Waals surface area (Å²) in [5.74, 6) is -1.22. The monoisotopic (exact) mass is 480 g/mol. The molecular weight excluding hydrogens is 456 g/mol. The van der Waals surface area contributed by atoms with Crippen molar-refractivity contribution in [2.24, 2.45) is 0 Å². The minimum Gasteiger partial charge on any atom is -0.459 e. The SMILES string of the molecule is COC1C(COC(=O)c2ccccc2)OC(n2cc(C)c(=O)[nH]c2=O)C1OC(=O)c1ccccc1. The zero-order chi connectivity index (χ0) is 24.9. The van der Waals surface area contributed by atoms with Gasteiger partial charge in [-0.05, 0) is 31.2 Å². The Morgan fingerprint density at radius 1 is 0.943 bits per heavy atom. The second kappa shape index (κ2) is 10.5. The third-order valence-electron chi connectivity index (χ3n) is 5.62. The predicted octanol–water partition coefficient (Wildman–Crippen LogP) is 1.84. The highest BCUT2D eigenvalue weighted by molar-refractivity contribution is 5.89. The number of H-pyrrole nitrogens is 1. The van der Waals surface area contributed by atoms with Crippen LogP contribution in [0.25, 0.3) is 0 Å². The number of aromatic amines is 1. The number of esters is 2. The molecule has 4 atom stereocenters. The summed E-state index contributed by atoms with van der Waals surface area (Å²) >= 11 is 0. The summed E-state index contributed by atoms with van der Waals surface area (Å²) in [6.07, 6.45) is -2.66. The Labute approximate surface area is 200 Å². The fourth-order valence-electron chi connectivity index (χ4n) is 3.83. The van der Waals surface area contributed by atoms with Gasteiger partial charge < -0.3 is 18.9 Å². The average molecular weight is 480 g/mol. The van der Waals surface area contributed by atoms with Crippen molar-refractivity contribution in [3.05, 3.63) is 104 Å². The predicted molar refractivity (Wildman–Crippen MR) is 123 cm³/mol. The van der Waals surface area contributed by atoms with Crippen LogP contribution in [0.5, 0.6) is 0 Å². The maximum Gasteiger partial charge on any atom is 0.338 e. The Kier molecular flexibility index (Phi) is 7.23. The molecule has 1 aliphatic rings. The van der Waals surface area contributed by atoms with Crippen LogP contribution in [0.1, 0.15) is 32.5 Å². The van der Waals surface area contributed by atoms with Crippen LogP contribution < -0.4 is 11.2 Å². The second-order valence-corrected chi connectivity index (χ2v) is 7.94. The van der Waals surface area contributed by atoms with E-state index >= 15 is 0 Å². The number of hydrogen-bond donors (Lipinski definition) is 1. The van der Waals surface area contributed by atoms with Gasteiger partial charge in [-0.1, -0.05) is 36.4 Å². The Morgan fingerprint density at radius 2 is 1.54 bits per heavy atom. The molecule has 1 aliphatic heterocycles. The standard InChI is InChI=1S/C25H24N2O8/c1-15-13-27(25(31)26-21(15)28)22-20(35-24(30)17-11-7-4-8-12-17)19(32-2)18(34-22)14-33-23(29)16-9-5-3-6-10-16/h3-13,18-20,22H,14H2,1-2H3,(H,26,28,31). The molecule has 1 saturated heterocycles. The number of nitrogens with zero attached hydrogens (tertiary/aromatic N) is 1. The lowest BCUT2D eigenvalue weighted by Crippen LogP contribution is -2.42. The summed E-state index contributed by atoms with van der Waals surface area (Å²) in [6.45, 7) is 1.31. The molecule has 2 aromatic carbocycles. The first kappa shape index (κ1) is 24.1. The molecule has 4 rings (SSSR count). The molecule has 1 aromatic heterocycles. The van der Waals surface area contributed by atoms with Crippen LogP contribution in [0, 0.1) is 6.92 Å². The van der Waals surface area contributed by atoms with E-state index in [9.17, 15) is 19.2 Å². The molecule has 35 heavy (non-hydrogen) atoms. The molecule has 0 radical (unpaired) electrons. The van der Waals surface area contributed by atoms with Gasteiger partial charge in [0.2, 0.25) is 0 Å². The summed E-state index contributed by atoms with van der Waals surface area (Å²) in [5, 5.41) is 0. The first-order chi connectivity index (χ1) is 16.9. The van der Waals surface area contributed by atoms with E-state index in [-0.39, 0.29) is 12.2 Å². The zero-order valence-corrected chi connectivity index (χ0v) is 19.1. The minimum absolute atomic E-state index is 0.223. The molecular formula is C25H24N2O8.